The first-order valence-electron chi connectivity index (χ1n) is 9.51. The summed E-state index contributed by atoms with van der Waals surface area (Å²) in [7, 11) is 1.39. The molecule has 0 spiro atoms. The summed E-state index contributed by atoms with van der Waals surface area (Å²) >= 11 is 11.0. The summed E-state index contributed by atoms with van der Waals surface area (Å²) in [4.78, 5) is 16.0. The van der Waals surface area contributed by atoms with Crippen molar-refractivity contribution in [2.75, 3.05) is 19.4 Å². The van der Waals surface area contributed by atoms with Crippen LogP contribution in [-0.4, -0.2) is 30.1 Å². The highest BCUT2D eigenvalue weighted by Gasteiger charge is 2.17. The Kier molecular flexibility index (Phi) is 4.89. The van der Waals surface area contributed by atoms with Gasteiger partial charge in [-0.25, -0.2) is 4.39 Å². The summed E-state index contributed by atoms with van der Waals surface area (Å²) in [6.45, 7) is -2.52. The van der Waals surface area contributed by atoms with Crippen molar-refractivity contribution in [3.8, 4) is 17.2 Å². The maximum absolute atomic E-state index is 14.9. The van der Waals surface area contributed by atoms with E-state index in [1.807, 2.05) is 0 Å². The second-order valence-corrected chi connectivity index (χ2v) is 6.45. The van der Waals surface area contributed by atoms with Crippen LogP contribution >= 0.6 is 23.8 Å². The summed E-state index contributed by atoms with van der Waals surface area (Å²) in [6, 6.07) is 7.08. The first-order valence-corrected chi connectivity index (χ1v) is 8.80. The maximum Gasteiger partial charge on any atom is 0.252 e. The number of anilines is 1. The Morgan fingerprint density at radius 1 is 1.31 bits per heavy atom. The molecule has 0 fully saturated rings. The van der Waals surface area contributed by atoms with Gasteiger partial charge in [0, 0.05) is 28.7 Å². The molecule has 3 rings (SSSR count). The number of methoxy groups -OCH3 is 1. The van der Waals surface area contributed by atoms with E-state index in [0.29, 0.717) is 10.9 Å². The van der Waals surface area contributed by atoms with Crippen molar-refractivity contribution in [3.63, 3.8) is 0 Å². The van der Waals surface area contributed by atoms with Gasteiger partial charge in [-0.3, -0.25) is 9.78 Å². The van der Waals surface area contributed by atoms with Gasteiger partial charge in [0.25, 0.3) is 5.91 Å². The van der Waals surface area contributed by atoms with Gasteiger partial charge in [0.05, 0.1) is 23.9 Å². The van der Waals surface area contributed by atoms with E-state index in [-0.39, 0.29) is 38.6 Å². The summed E-state index contributed by atoms with van der Waals surface area (Å²) in [5.41, 5.74) is 5.98. The quantitative estimate of drug-likeness (QED) is 0.521. The number of benzene rings is 2. The Morgan fingerprint density at radius 3 is 2.79 bits per heavy atom. The van der Waals surface area contributed by atoms with E-state index in [1.165, 1.54) is 43.6 Å². The topological polar surface area (TPSA) is 98.5 Å². The number of hydrogen-bond acceptors (Lipinski definition) is 5. The van der Waals surface area contributed by atoms with Crippen LogP contribution in [0.4, 0.5) is 10.1 Å². The second-order valence-electron chi connectivity index (χ2n) is 5.66. The molecule has 0 unspecified atom stereocenters. The number of thiocarbonyl (C=S) groups is 1. The summed E-state index contributed by atoms with van der Waals surface area (Å²) < 4.78 is 47.2. The molecule has 1 aromatic heterocycles. The molecule has 29 heavy (non-hydrogen) atoms. The Labute approximate surface area is 180 Å². The normalized spacial score (nSPS) is 12.4. The fourth-order valence-electron chi connectivity index (χ4n) is 2.58. The number of rotatable bonds is 5. The fourth-order valence-corrected chi connectivity index (χ4v) is 2.89. The van der Waals surface area contributed by atoms with Crippen LogP contribution in [0.25, 0.3) is 10.9 Å². The van der Waals surface area contributed by atoms with Crippen molar-refractivity contribution < 1.29 is 22.8 Å². The molecule has 0 bridgehead atoms. The van der Waals surface area contributed by atoms with Gasteiger partial charge in [0.2, 0.25) is 0 Å². The number of nitrogens with two attached hydrogens (primary N) is 1. The van der Waals surface area contributed by atoms with Crippen LogP contribution in [-0.2, 0) is 0 Å². The monoisotopic (exact) mass is 437 g/mol. The van der Waals surface area contributed by atoms with Crippen LogP contribution in [0.5, 0.6) is 17.2 Å². The van der Waals surface area contributed by atoms with E-state index in [9.17, 15) is 9.18 Å². The van der Waals surface area contributed by atoms with Crippen LogP contribution in [0.3, 0.4) is 0 Å². The lowest BCUT2D eigenvalue weighted by molar-refractivity contribution is 0.0997. The van der Waals surface area contributed by atoms with E-state index < -0.39 is 18.7 Å². The average Bonchev–Trinajstić information content (AvgIpc) is 2.71. The molecule has 3 aromatic rings. The minimum Gasteiger partial charge on any atom is -0.496 e. The first-order chi connectivity index (χ1) is 15.0. The highest BCUT2D eigenvalue weighted by molar-refractivity contribution is 7.80. The largest absolute Gasteiger partial charge is 0.496 e. The van der Waals surface area contributed by atoms with Crippen molar-refractivity contribution >= 4 is 51.4 Å². The molecule has 0 radical (unpaired) electrons. The molecule has 0 saturated heterocycles. The lowest BCUT2D eigenvalue weighted by atomic mass is 10.1. The van der Waals surface area contributed by atoms with Crippen LogP contribution < -0.4 is 25.8 Å². The fraction of sp³-hybridized carbons (Fsp3) is 0.105. The zero-order valence-electron chi connectivity index (χ0n) is 17.9. The summed E-state index contributed by atoms with van der Waals surface area (Å²) in [5.74, 6) is -1.43. The summed E-state index contributed by atoms with van der Waals surface area (Å²) in [5, 5.41) is 4.35. The Bertz CT molecular complexity index is 1230. The van der Waals surface area contributed by atoms with E-state index in [1.54, 1.807) is 0 Å². The van der Waals surface area contributed by atoms with Gasteiger partial charge in [-0.05, 0) is 36.5 Å². The second kappa shape index (κ2) is 8.46. The minimum absolute atomic E-state index is 0.0404. The Hall–Kier alpha value is -3.17. The van der Waals surface area contributed by atoms with E-state index in [0.717, 1.165) is 0 Å². The van der Waals surface area contributed by atoms with E-state index >= 15 is 0 Å². The smallest absolute Gasteiger partial charge is 0.252 e. The van der Waals surface area contributed by atoms with Gasteiger partial charge in [0.15, 0.2) is 16.7 Å². The van der Waals surface area contributed by atoms with Crippen LogP contribution in [0.1, 0.15) is 14.5 Å². The molecule has 0 aliphatic heterocycles. The molecular formula is C19H16ClFN4O3S. The highest BCUT2D eigenvalue weighted by atomic mass is 35.5. The zero-order chi connectivity index (χ0) is 23.6. The number of amides is 1. The molecule has 0 aliphatic carbocycles. The average molecular weight is 438 g/mol. The third-order valence-corrected chi connectivity index (χ3v) is 4.49. The Morgan fingerprint density at radius 2 is 2.10 bits per heavy atom. The maximum atomic E-state index is 14.9. The van der Waals surface area contributed by atoms with E-state index in [4.69, 9.17) is 43.1 Å². The van der Waals surface area contributed by atoms with Crippen molar-refractivity contribution in [2.24, 2.45) is 5.73 Å². The molecule has 4 N–H and O–H groups in total. The van der Waals surface area contributed by atoms with Crippen molar-refractivity contribution in [1.29, 1.82) is 0 Å². The van der Waals surface area contributed by atoms with E-state index in [2.05, 4.69) is 15.6 Å². The van der Waals surface area contributed by atoms with Gasteiger partial charge in [-0.2, -0.15) is 0 Å². The number of fused-ring (bicyclic) bond motifs is 1. The zero-order valence-corrected chi connectivity index (χ0v) is 16.5. The number of hydrogen-bond donors (Lipinski definition) is 3. The van der Waals surface area contributed by atoms with Gasteiger partial charge < -0.3 is 25.8 Å². The van der Waals surface area contributed by atoms with Gasteiger partial charge in [0.1, 0.15) is 16.5 Å². The Balaban J connectivity index is 1.95. The molecule has 1 heterocycles. The molecule has 1 amide bonds. The molecule has 10 heteroatoms. The van der Waals surface area contributed by atoms with Crippen LogP contribution in [0.15, 0.2) is 36.5 Å². The lowest BCUT2D eigenvalue weighted by Gasteiger charge is -2.14. The molecular weight excluding hydrogens is 419 g/mol. The predicted molar refractivity (Wildman–Crippen MR) is 114 cm³/mol. The van der Waals surface area contributed by atoms with Gasteiger partial charge >= 0.3 is 0 Å². The number of halogens is 2. The van der Waals surface area contributed by atoms with Crippen LogP contribution in [0, 0.1) is 5.82 Å². The summed E-state index contributed by atoms with van der Waals surface area (Å²) in [6.07, 6.45) is 1.44. The molecule has 0 aliphatic rings. The van der Waals surface area contributed by atoms with Gasteiger partial charge in [-0.15, -0.1) is 0 Å². The molecule has 150 valence electrons. The first kappa shape index (κ1) is 16.8. The molecule has 0 atom stereocenters. The van der Waals surface area contributed by atoms with Crippen molar-refractivity contribution in [2.45, 2.75) is 0 Å². The number of primary amides is 1. The number of nitrogens with one attached hydrogen (secondary N) is 2. The standard InChI is InChI=1S/C19H16ClFN4O3S/c1-23-19(29)25-11-3-4-14(17(21)16(11)20)28-13-5-6-24-12-8-15(27-2)10(18(22)26)7-9(12)13/h3-8H,1-2H3,(H2,22,26)(H2,23,25,29)/i1D3. The molecule has 0 saturated carbocycles. The number of pyridine rings is 1. The lowest BCUT2D eigenvalue weighted by Crippen LogP contribution is -2.24. The number of carbonyl (C=O) groups is 1. The van der Waals surface area contributed by atoms with Crippen LogP contribution in [0.2, 0.25) is 5.02 Å². The number of ether oxygens (including phenoxy) is 2. The molecule has 2 aromatic carbocycles. The van der Waals surface area contributed by atoms with Crippen molar-refractivity contribution in [3.05, 3.63) is 52.9 Å². The number of nitrogens with zero attached hydrogens (tertiary/aromatic N) is 1. The third-order valence-electron chi connectivity index (χ3n) is 3.92. The molecule has 7 nitrogen and oxygen atoms in total. The minimum atomic E-state index is -2.52. The highest BCUT2D eigenvalue weighted by Crippen LogP contribution is 2.37. The van der Waals surface area contributed by atoms with Gasteiger partial charge in [-0.1, -0.05) is 11.6 Å². The number of carbonyl (C=O) groups excluding carboxylic acids is 1. The van der Waals surface area contributed by atoms with Crippen molar-refractivity contribution in [1.82, 2.24) is 10.3 Å². The predicted octanol–water partition coefficient (Wildman–Crippen LogP) is 3.84. The SMILES string of the molecule is [2H]C([2H])([2H])NC(=S)Nc1ccc(Oc2ccnc3cc(OC)c(C(N)=O)cc23)c(F)c1Cl. The third kappa shape index (κ3) is 4.15. The number of aromatic nitrogens is 1.